The average molecular weight is 481 g/mol. The predicted octanol–water partition coefficient (Wildman–Crippen LogP) is 10.1. The summed E-state index contributed by atoms with van der Waals surface area (Å²) in [5.41, 5.74) is -4.19. The fourth-order valence-electron chi connectivity index (χ4n) is 4.09. The molecule has 36 heavy (non-hydrogen) atoms. The second-order valence-corrected chi connectivity index (χ2v) is 7.50. The van der Waals surface area contributed by atoms with Crippen molar-refractivity contribution in [2.75, 3.05) is 0 Å². The van der Waals surface area contributed by atoms with Gasteiger partial charge in [-0.15, -0.1) is 0 Å². The van der Waals surface area contributed by atoms with E-state index in [1.807, 2.05) is 0 Å². The SMILES string of the molecule is [2H]c1c([2H])c([2H])c(-c2c([2H])c([2H])c([2H])c3c([2H])c(-c4c5c([2H])c([2H])c([2H])c([2H])c5c(-c5c([2H])c([2H])c([2H])c([2H])c5[2H])c5c([2H])c([2H])c([2H])c([2H])c45)c([2H])c([2H])c23)c([2H])c1[2H]. The summed E-state index contributed by atoms with van der Waals surface area (Å²) < 4.78 is 210. The van der Waals surface area contributed by atoms with Gasteiger partial charge in [-0.1, -0.05) is 139 Å². The molecule has 0 aliphatic rings. The lowest BCUT2D eigenvalue weighted by Gasteiger charge is -2.18. The number of fused-ring (bicyclic) bond motifs is 3. The first-order valence-electron chi connectivity index (χ1n) is 22.5. The highest BCUT2D eigenvalue weighted by molar-refractivity contribution is 6.21. The Kier molecular flexibility index (Phi) is 1.81. The monoisotopic (exact) mass is 480 g/mol. The molecule has 0 saturated carbocycles. The smallest absolute Gasteiger partial charge is 0.0622 e. The average Bonchev–Trinajstić information content (AvgIpc) is 3.22. The molecule has 0 fully saturated rings. The van der Waals surface area contributed by atoms with Gasteiger partial charge in [-0.3, -0.25) is 0 Å². The summed E-state index contributed by atoms with van der Waals surface area (Å²) in [7, 11) is 0. The first-order valence-corrected chi connectivity index (χ1v) is 10.5. The normalized spacial score (nSPS) is 20.7. The maximum absolute atomic E-state index is 9.58. The maximum Gasteiger partial charge on any atom is 0.0636 e. The van der Waals surface area contributed by atoms with E-state index in [2.05, 4.69) is 0 Å². The quantitative estimate of drug-likeness (QED) is 0.221. The molecule has 0 amide bonds. The van der Waals surface area contributed by atoms with E-state index in [9.17, 15) is 6.85 Å². The summed E-state index contributed by atoms with van der Waals surface area (Å²) in [4.78, 5) is 0. The molecular formula is C36H24. The molecule has 0 heteroatoms. The third kappa shape index (κ3) is 3.31. The van der Waals surface area contributed by atoms with Gasteiger partial charge in [0.2, 0.25) is 0 Å². The number of benzene rings is 7. The van der Waals surface area contributed by atoms with Crippen LogP contribution in [0.25, 0.3) is 65.7 Å². The molecule has 0 bridgehead atoms. The third-order valence-electron chi connectivity index (χ3n) is 5.56. The second kappa shape index (κ2) is 8.52. The molecule has 168 valence electrons. The van der Waals surface area contributed by atoms with Crippen LogP contribution >= 0.6 is 0 Å². The highest BCUT2D eigenvalue weighted by Crippen LogP contribution is 2.44. The maximum atomic E-state index is 9.58. The van der Waals surface area contributed by atoms with Crippen molar-refractivity contribution in [1.29, 1.82) is 0 Å². The Morgan fingerprint density at radius 3 is 1.42 bits per heavy atom. The van der Waals surface area contributed by atoms with Crippen LogP contribution in [0.1, 0.15) is 32.9 Å². The van der Waals surface area contributed by atoms with E-state index in [-0.39, 0.29) is 0 Å². The second-order valence-electron chi connectivity index (χ2n) is 7.50. The Labute approximate surface area is 244 Å². The molecule has 0 radical (unpaired) electrons. The lowest BCUT2D eigenvalue weighted by atomic mass is 9.85. The van der Waals surface area contributed by atoms with Gasteiger partial charge in [0.15, 0.2) is 0 Å². The molecular weight excluding hydrogens is 432 g/mol. The van der Waals surface area contributed by atoms with E-state index in [1.54, 1.807) is 0 Å². The Bertz CT molecular complexity index is 3050. The molecule has 7 rings (SSSR count). The van der Waals surface area contributed by atoms with E-state index in [4.69, 9.17) is 26.0 Å². The van der Waals surface area contributed by atoms with Crippen LogP contribution in [-0.4, -0.2) is 0 Å². The van der Waals surface area contributed by atoms with Crippen molar-refractivity contribution >= 4 is 32.3 Å². The Morgan fingerprint density at radius 2 is 0.833 bits per heavy atom. The van der Waals surface area contributed by atoms with Gasteiger partial charge in [0.1, 0.15) is 0 Å². The van der Waals surface area contributed by atoms with Gasteiger partial charge in [0.25, 0.3) is 0 Å². The fraction of sp³-hybridized carbons (Fsp3) is 0. The summed E-state index contributed by atoms with van der Waals surface area (Å²) in [5, 5.41) is -4.03. The number of rotatable bonds is 3. The minimum Gasteiger partial charge on any atom is -0.0622 e. The molecule has 0 N–H and O–H groups in total. The zero-order valence-corrected chi connectivity index (χ0v) is 18.0. The lowest BCUT2D eigenvalue weighted by molar-refractivity contribution is 1.64. The molecule has 0 nitrogen and oxygen atoms in total. The van der Waals surface area contributed by atoms with E-state index in [0.717, 1.165) is 0 Å². The Morgan fingerprint density at radius 1 is 0.333 bits per heavy atom. The summed E-state index contributed by atoms with van der Waals surface area (Å²) in [6.45, 7) is 0. The minimum atomic E-state index is -1.02. The molecule has 7 aromatic carbocycles. The van der Waals surface area contributed by atoms with Crippen LogP contribution in [0.15, 0.2) is 145 Å². The van der Waals surface area contributed by atoms with Gasteiger partial charge >= 0.3 is 0 Å². The van der Waals surface area contributed by atoms with Crippen molar-refractivity contribution < 1.29 is 32.9 Å². The van der Waals surface area contributed by atoms with E-state index in [0.29, 0.717) is 0 Å². The van der Waals surface area contributed by atoms with Crippen LogP contribution in [0.5, 0.6) is 0 Å². The predicted molar refractivity (Wildman–Crippen MR) is 155 cm³/mol. The van der Waals surface area contributed by atoms with Gasteiger partial charge in [-0.2, -0.15) is 0 Å². The van der Waals surface area contributed by atoms with Crippen molar-refractivity contribution in [1.82, 2.24) is 0 Å². The minimum absolute atomic E-state index is 0.637. The summed E-state index contributed by atoms with van der Waals surface area (Å²) in [5.74, 6) is 0. The van der Waals surface area contributed by atoms with Crippen LogP contribution < -0.4 is 0 Å². The molecule has 7 aromatic rings. The molecule has 0 aliphatic heterocycles. The summed E-state index contributed by atoms with van der Waals surface area (Å²) >= 11 is 0. The molecule has 0 saturated heterocycles. The highest BCUT2D eigenvalue weighted by Gasteiger charge is 2.16. The van der Waals surface area contributed by atoms with E-state index in [1.165, 1.54) is 0 Å². The standard InChI is InChI=1S/C36H24/c1-3-12-25(13-4-1)29-21-11-16-27-24-28(22-23-30(27)29)36-33-19-9-7-17-31(33)35(26-14-5-2-6-15-26)32-18-8-10-20-34(32)36/h1-24H/i1D,2D,3D,4D,5D,6D,7D,8D,9D,10D,11D,12D,13D,14D,15D,16D,17D,18D,19D,20D,21D,22D,23D,24D. The van der Waals surface area contributed by atoms with Gasteiger partial charge in [-0.05, 0) is 71.7 Å². The van der Waals surface area contributed by atoms with E-state index < -0.39 is 211 Å². The van der Waals surface area contributed by atoms with Gasteiger partial charge < -0.3 is 0 Å². The summed E-state index contributed by atoms with van der Waals surface area (Å²) in [6.07, 6.45) is 0. The van der Waals surface area contributed by atoms with Crippen LogP contribution in [0.3, 0.4) is 0 Å². The van der Waals surface area contributed by atoms with Crippen LogP contribution in [0, 0.1) is 0 Å². The highest BCUT2D eigenvalue weighted by atomic mass is 14.2. The molecule has 0 aliphatic carbocycles. The van der Waals surface area contributed by atoms with Gasteiger partial charge in [0, 0.05) is 0 Å². The van der Waals surface area contributed by atoms with Crippen LogP contribution in [-0.2, 0) is 0 Å². The fourth-order valence-corrected chi connectivity index (χ4v) is 4.09. The Balaban J connectivity index is 1.87. The molecule has 0 atom stereocenters. The topological polar surface area (TPSA) is 0 Å². The van der Waals surface area contributed by atoms with Crippen molar-refractivity contribution in [2.24, 2.45) is 0 Å². The van der Waals surface area contributed by atoms with Crippen molar-refractivity contribution in [2.45, 2.75) is 0 Å². The Hall–Kier alpha value is -4.68. The van der Waals surface area contributed by atoms with Crippen molar-refractivity contribution in [3.63, 3.8) is 0 Å². The summed E-state index contributed by atoms with van der Waals surface area (Å²) in [6, 6.07) is -21.9. The van der Waals surface area contributed by atoms with Gasteiger partial charge in [-0.25, -0.2) is 0 Å². The first kappa shape index (κ1) is 7.66. The van der Waals surface area contributed by atoms with Crippen molar-refractivity contribution in [3.8, 4) is 33.4 Å². The van der Waals surface area contributed by atoms with Crippen molar-refractivity contribution in [3.05, 3.63) is 145 Å². The first-order chi connectivity index (χ1) is 27.9. The number of hydrogen-bond acceptors (Lipinski definition) is 0. The van der Waals surface area contributed by atoms with E-state index >= 15 is 0 Å². The molecule has 0 heterocycles. The molecule has 0 spiro atoms. The zero-order chi connectivity index (χ0) is 44.8. The largest absolute Gasteiger partial charge is 0.0636 e. The molecule has 0 unspecified atom stereocenters. The zero-order valence-electron chi connectivity index (χ0n) is 42.0. The molecule has 0 aromatic heterocycles. The third-order valence-corrected chi connectivity index (χ3v) is 5.56. The van der Waals surface area contributed by atoms with Gasteiger partial charge in [0.05, 0.1) is 32.9 Å². The number of hydrogen-bond donors (Lipinski definition) is 0. The van der Waals surface area contributed by atoms with Crippen LogP contribution in [0.2, 0.25) is 0 Å². The lowest BCUT2D eigenvalue weighted by Crippen LogP contribution is -1.91. The van der Waals surface area contributed by atoms with Crippen LogP contribution in [0.4, 0.5) is 0 Å².